The van der Waals surface area contributed by atoms with E-state index in [1.54, 1.807) is 0 Å². The second kappa shape index (κ2) is 6.95. The van der Waals surface area contributed by atoms with Crippen LogP contribution in [0, 0.1) is 11.6 Å². The Kier molecular flexibility index (Phi) is 4.86. The Morgan fingerprint density at radius 1 is 1.31 bits per heavy atom. The molecule has 0 saturated heterocycles. The van der Waals surface area contributed by atoms with Gasteiger partial charge in [-0.3, -0.25) is 9.78 Å². The van der Waals surface area contributed by atoms with Crippen molar-refractivity contribution >= 4 is 23.1 Å². The number of carbonyl (C=O) groups is 1. The standard InChI is InChI=1S/C18H21F2N5O/c1-3-15(18(21)4-5-18)24-17-14(20)7-13(10(2)26)16(25-17)23-12-6-11(19)8-22-9-12/h6-9,15H,3-5,21H2,1-2H3,(H2,23,24,25)/t15-/m1/s1. The van der Waals surface area contributed by atoms with E-state index < -0.39 is 11.6 Å². The predicted octanol–water partition coefficient (Wildman–Crippen LogP) is 3.38. The first kappa shape index (κ1) is 18.2. The van der Waals surface area contributed by atoms with Crippen LogP contribution < -0.4 is 16.4 Å². The third-order valence-electron chi connectivity index (χ3n) is 4.56. The summed E-state index contributed by atoms with van der Waals surface area (Å²) < 4.78 is 27.8. The largest absolute Gasteiger partial charge is 0.363 e. The molecule has 0 radical (unpaired) electrons. The number of halogens is 2. The molecule has 1 aliphatic carbocycles. The van der Waals surface area contributed by atoms with Crippen LogP contribution in [0.3, 0.4) is 0 Å². The van der Waals surface area contributed by atoms with Gasteiger partial charge in [0.05, 0.1) is 23.6 Å². The quantitative estimate of drug-likeness (QED) is 0.655. The minimum atomic E-state index is -0.638. The number of rotatable bonds is 7. The summed E-state index contributed by atoms with van der Waals surface area (Å²) in [6.45, 7) is 3.27. The average Bonchev–Trinajstić information content (AvgIpc) is 3.33. The van der Waals surface area contributed by atoms with Crippen molar-refractivity contribution in [1.82, 2.24) is 9.97 Å². The topological polar surface area (TPSA) is 92.9 Å². The Morgan fingerprint density at radius 3 is 2.62 bits per heavy atom. The van der Waals surface area contributed by atoms with Gasteiger partial charge in [-0.25, -0.2) is 13.8 Å². The lowest BCUT2D eigenvalue weighted by Gasteiger charge is -2.24. The summed E-state index contributed by atoms with van der Waals surface area (Å²) in [6.07, 6.45) is 4.89. The molecule has 26 heavy (non-hydrogen) atoms. The highest BCUT2D eigenvalue weighted by Gasteiger charge is 2.45. The molecule has 0 unspecified atom stereocenters. The normalized spacial score (nSPS) is 16.0. The van der Waals surface area contributed by atoms with Gasteiger partial charge in [-0.05, 0) is 32.3 Å². The first-order chi connectivity index (χ1) is 12.3. The van der Waals surface area contributed by atoms with Gasteiger partial charge in [0.1, 0.15) is 11.6 Å². The lowest BCUT2D eigenvalue weighted by Crippen LogP contribution is -2.42. The van der Waals surface area contributed by atoms with Crippen LogP contribution in [0.1, 0.15) is 43.5 Å². The van der Waals surface area contributed by atoms with Crippen LogP contribution >= 0.6 is 0 Å². The number of aromatic nitrogens is 2. The maximum Gasteiger partial charge on any atom is 0.166 e. The van der Waals surface area contributed by atoms with E-state index in [1.807, 2.05) is 6.92 Å². The van der Waals surface area contributed by atoms with E-state index in [9.17, 15) is 13.6 Å². The molecule has 8 heteroatoms. The zero-order valence-electron chi connectivity index (χ0n) is 14.6. The fourth-order valence-electron chi connectivity index (χ4n) is 2.88. The molecule has 3 rings (SSSR count). The van der Waals surface area contributed by atoms with Crippen molar-refractivity contribution in [3.63, 3.8) is 0 Å². The molecule has 0 amide bonds. The van der Waals surface area contributed by atoms with Gasteiger partial charge in [0.2, 0.25) is 0 Å². The minimum absolute atomic E-state index is 0.00503. The maximum atomic E-state index is 14.5. The summed E-state index contributed by atoms with van der Waals surface area (Å²) in [5.74, 6) is -1.40. The van der Waals surface area contributed by atoms with Crippen molar-refractivity contribution in [2.75, 3.05) is 10.6 Å². The van der Waals surface area contributed by atoms with Crippen molar-refractivity contribution in [2.45, 2.75) is 44.7 Å². The molecule has 1 saturated carbocycles. The van der Waals surface area contributed by atoms with Gasteiger partial charge in [0.15, 0.2) is 17.4 Å². The van der Waals surface area contributed by atoms with Gasteiger partial charge < -0.3 is 16.4 Å². The van der Waals surface area contributed by atoms with Gasteiger partial charge in [-0.2, -0.15) is 0 Å². The highest BCUT2D eigenvalue weighted by Crippen LogP contribution is 2.38. The van der Waals surface area contributed by atoms with E-state index in [1.165, 1.54) is 19.2 Å². The zero-order valence-corrected chi connectivity index (χ0v) is 14.6. The van der Waals surface area contributed by atoms with Crippen LogP contribution in [-0.2, 0) is 0 Å². The molecule has 4 N–H and O–H groups in total. The Bertz CT molecular complexity index is 838. The summed E-state index contributed by atoms with van der Waals surface area (Å²) >= 11 is 0. The van der Waals surface area contributed by atoms with Crippen molar-refractivity contribution in [3.05, 3.63) is 41.7 Å². The Balaban J connectivity index is 1.94. The Hall–Kier alpha value is -2.61. The van der Waals surface area contributed by atoms with Crippen molar-refractivity contribution in [2.24, 2.45) is 5.73 Å². The lowest BCUT2D eigenvalue weighted by molar-refractivity contribution is 0.101. The highest BCUT2D eigenvalue weighted by atomic mass is 19.1. The lowest BCUT2D eigenvalue weighted by atomic mass is 10.0. The van der Waals surface area contributed by atoms with Crippen molar-refractivity contribution < 1.29 is 13.6 Å². The molecule has 0 aromatic carbocycles. The fraction of sp³-hybridized carbons (Fsp3) is 0.389. The first-order valence-corrected chi connectivity index (χ1v) is 8.47. The summed E-state index contributed by atoms with van der Waals surface area (Å²) in [5.41, 5.74) is 6.24. The number of hydrogen-bond acceptors (Lipinski definition) is 6. The number of ketones is 1. The number of nitrogens with two attached hydrogens (primary N) is 1. The van der Waals surface area contributed by atoms with Crippen LogP contribution in [-0.4, -0.2) is 27.3 Å². The fourth-order valence-corrected chi connectivity index (χ4v) is 2.88. The number of pyridine rings is 2. The minimum Gasteiger partial charge on any atom is -0.363 e. The van der Waals surface area contributed by atoms with Crippen molar-refractivity contribution in [3.8, 4) is 0 Å². The molecule has 0 spiro atoms. The summed E-state index contributed by atoms with van der Waals surface area (Å²) in [6, 6.07) is 2.20. The van der Waals surface area contributed by atoms with Crippen LogP contribution in [0.2, 0.25) is 0 Å². The number of carbonyl (C=O) groups excluding carboxylic acids is 1. The molecular formula is C18H21F2N5O. The predicted molar refractivity (Wildman–Crippen MR) is 95.5 cm³/mol. The summed E-state index contributed by atoms with van der Waals surface area (Å²) in [7, 11) is 0. The van der Waals surface area contributed by atoms with Crippen LogP contribution in [0.4, 0.5) is 26.1 Å². The third-order valence-corrected chi connectivity index (χ3v) is 4.56. The molecule has 2 aromatic rings. The van der Waals surface area contributed by atoms with E-state index >= 15 is 0 Å². The summed E-state index contributed by atoms with van der Waals surface area (Å²) in [4.78, 5) is 19.8. The number of hydrogen-bond donors (Lipinski definition) is 3. The number of anilines is 3. The maximum absolute atomic E-state index is 14.5. The number of nitrogens with zero attached hydrogens (tertiary/aromatic N) is 2. The van der Waals surface area contributed by atoms with Crippen LogP contribution in [0.25, 0.3) is 0 Å². The average molecular weight is 361 g/mol. The molecule has 0 bridgehead atoms. The van der Waals surface area contributed by atoms with Gasteiger partial charge >= 0.3 is 0 Å². The smallest absolute Gasteiger partial charge is 0.166 e. The molecule has 2 heterocycles. The van der Waals surface area contributed by atoms with Gasteiger partial charge in [-0.1, -0.05) is 6.92 Å². The molecule has 2 aromatic heterocycles. The second-order valence-electron chi connectivity index (χ2n) is 6.63. The highest BCUT2D eigenvalue weighted by molar-refractivity contribution is 5.99. The summed E-state index contributed by atoms with van der Waals surface area (Å²) in [5, 5.41) is 5.89. The monoisotopic (exact) mass is 361 g/mol. The number of nitrogens with one attached hydrogen (secondary N) is 2. The number of Topliss-reactive ketones (excluding diaryl/α,β-unsaturated/α-hetero) is 1. The van der Waals surface area contributed by atoms with E-state index in [4.69, 9.17) is 5.73 Å². The SMILES string of the molecule is CC[C@@H](Nc1nc(Nc2cncc(F)c2)c(C(C)=O)cc1F)C1(N)CC1. The van der Waals surface area contributed by atoms with Gasteiger partial charge in [0, 0.05) is 17.6 Å². The molecule has 1 fully saturated rings. The zero-order chi connectivity index (χ0) is 18.9. The van der Waals surface area contributed by atoms with Gasteiger partial charge in [-0.15, -0.1) is 0 Å². The van der Waals surface area contributed by atoms with E-state index in [0.29, 0.717) is 12.1 Å². The third kappa shape index (κ3) is 3.80. The van der Waals surface area contributed by atoms with Crippen LogP contribution in [0.15, 0.2) is 24.5 Å². The molecule has 6 nitrogen and oxygen atoms in total. The molecule has 0 aliphatic heterocycles. The molecular weight excluding hydrogens is 340 g/mol. The van der Waals surface area contributed by atoms with E-state index in [2.05, 4.69) is 20.6 Å². The molecule has 1 aliphatic rings. The van der Waals surface area contributed by atoms with Gasteiger partial charge in [0.25, 0.3) is 0 Å². The van der Waals surface area contributed by atoms with E-state index in [-0.39, 0.29) is 34.6 Å². The Morgan fingerprint density at radius 2 is 2.04 bits per heavy atom. The molecule has 138 valence electrons. The Labute approximate surface area is 150 Å². The first-order valence-electron chi connectivity index (χ1n) is 8.47. The van der Waals surface area contributed by atoms with E-state index in [0.717, 1.165) is 25.1 Å². The van der Waals surface area contributed by atoms with Crippen molar-refractivity contribution in [1.29, 1.82) is 0 Å². The van der Waals surface area contributed by atoms with Crippen LogP contribution in [0.5, 0.6) is 0 Å². The molecule has 1 atom stereocenters. The second-order valence-corrected chi connectivity index (χ2v) is 6.63.